The van der Waals surface area contributed by atoms with Crippen molar-refractivity contribution in [3.63, 3.8) is 0 Å². The molecule has 0 saturated heterocycles. The molecule has 23 heavy (non-hydrogen) atoms. The van der Waals surface area contributed by atoms with Gasteiger partial charge in [-0.25, -0.2) is 14.6 Å². The fourth-order valence-electron chi connectivity index (χ4n) is 2.18. The van der Waals surface area contributed by atoms with Crippen molar-refractivity contribution < 1.29 is 24.3 Å². The Labute approximate surface area is 176 Å². The number of rotatable bonds is 1. The SMILES string of the molecule is CN(C(=O)Nc1nc2c(s1)C(=O)CC(C)(C)C2)C(=O)C(=O)O.[BaH2]. The van der Waals surface area contributed by atoms with Crippen LogP contribution >= 0.6 is 11.3 Å². The third kappa shape index (κ3) is 4.64. The van der Waals surface area contributed by atoms with Crippen molar-refractivity contribution in [2.45, 2.75) is 26.7 Å². The first-order chi connectivity index (χ1) is 10.1. The van der Waals surface area contributed by atoms with Crippen LogP contribution in [0.5, 0.6) is 0 Å². The van der Waals surface area contributed by atoms with Crippen LogP contribution in [0.4, 0.5) is 9.93 Å². The number of hydrogen-bond donors (Lipinski definition) is 2. The molecule has 1 aromatic rings. The van der Waals surface area contributed by atoms with E-state index in [1.807, 2.05) is 13.8 Å². The topological polar surface area (TPSA) is 117 Å². The number of ketones is 1. The Morgan fingerprint density at radius 3 is 2.48 bits per heavy atom. The monoisotopic (exact) mass is 465 g/mol. The quantitative estimate of drug-likeness (QED) is 0.461. The summed E-state index contributed by atoms with van der Waals surface area (Å²) in [6, 6.07) is -0.912. The number of carbonyl (C=O) groups excluding carboxylic acids is 3. The Morgan fingerprint density at radius 1 is 1.30 bits per heavy atom. The van der Waals surface area contributed by atoms with Crippen molar-refractivity contribution >= 4 is 89.0 Å². The van der Waals surface area contributed by atoms with Crippen molar-refractivity contribution in [2.75, 3.05) is 12.4 Å². The zero-order valence-electron chi connectivity index (χ0n) is 12.3. The molecule has 3 amide bonds. The van der Waals surface area contributed by atoms with Gasteiger partial charge in [0, 0.05) is 13.5 Å². The average molecular weight is 465 g/mol. The number of urea groups is 1. The summed E-state index contributed by atoms with van der Waals surface area (Å²) in [5.41, 5.74) is 0.434. The molecule has 1 heterocycles. The maximum atomic E-state index is 12.0. The predicted octanol–water partition coefficient (Wildman–Crippen LogP) is 0.457. The summed E-state index contributed by atoms with van der Waals surface area (Å²) in [4.78, 5) is 50.7. The predicted molar refractivity (Wildman–Crippen MR) is 86.5 cm³/mol. The third-order valence-electron chi connectivity index (χ3n) is 3.24. The van der Waals surface area contributed by atoms with Gasteiger partial charge < -0.3 is 5.11 Å². The van der Waals surface area contributed by atoms with Gasteiger partial charge in [0.15, 0.2) is 10.9 Å². The average Bonchev–Trinajstić information content (AvgIpc) is 2.77. The number of aliphatic carboxylic acids is 1. The van der Waals surface area contributed by atoms with Gasteiger partial charge in [0.1, 0.15) is 0 Å². The maximum absolute atomic E-state index is 12.0. The number of hydrogen-bond acceptors (Lipinski definition) is 6. The number of anilines is 1. The van der Waals surface area contributed by atoms with Gasteiger partial charge in [0.25, 0.3) is 0 Å². The first-order valence-corrected chi connectivity index (χ1v) is 7.27. The molecular formula is C13H17BaN3O5S. The molecule has 1 aliphatic rings. The number of fused-ring (bicyclic) bond motifs is 1. The minimum absolute atomic E-state index is 0. The van der Waals surface area contributed by atoms with Gasteiger partial charge in [-0.2, -0.15) is 0 Å². The molecule has 2 rings (SSSR count). The number of nitrogens with zero attached hydrogens (tertiary/aromatic N) is 2. The fourth-order valence-corrected chi connectivity index (χ4v) is 3.09. The van der Waals surface area contributed by atoms with Gasteiger partial charge in [0.2, 0.25) is 0 Å². The van der Waals surface area contributed by atoms with Crippen LogP contribution in [0.1, 0.15) is 35.6 Å². The van der Waals surface area contributed by atoms with Crippen molar-refractivity contribution in [1.82, 2.24) is 9.88 Å². The van der Waals surface area contributed by atoms with Gasteiger partial charge in [-0.15, -0.1) is 0 Å². The second-order valence-corrected chi connectivity index (χ2v) is 6.83. The number of aromatic nitrogens is 1. The molecule has 8 nitrogen and oxygen atoms in total. The van der Waals surface area contributed by atoms with E-state index in [9.17, 15) is 19.2 Å². The molecule has 0 saturated carbocycles. The van der Waals surface area contributed by atoms with Crippen LogP contribution in [-0.4, -0.2) is 94.6 Å². The van der Waals surface area contributed by atoms with Gasteiger partial charge in [-0.1, -0.05) is 25.2 Å². The van der Waals surface area contributed by atoms with Crippen LogP contribution in [0.15, 0.2) is 0 Å². The van der Waals surface area contributed by atoms with E-state index < -0.39 is 17.9 Å². The van der Waals surface area contributed by atoms with Gasteiger partial charge in [-0.05, 0) is 11.8 Å². The Kier molecular flexibility index (Phi) is 6.58. The Hall–Kier alpha value is -0.719. The molecule has 0 spiro atoms. The van der Waals surface area contributed by atoms with Crippen LogP contribution in [0.2, 0.25) is 0 Å². The van der Waals surface area contributed by atoms with E-state index in [2.05, 4.69) is 10.3 Å². The summed E-state index contributed by atoms with van der Waals surface area (Å²) < 4.78 is 0. The zero-order valence-corrected chi connectivity index (χ0v) is 13.1. The molecule has 10 heteroatoms. The molecule has 122 valence electrons. The van der Waals surface area contributed by atoms with Gasteiger partial charge >= 0.3 is 66.8 Å². The fraction of sp³-hybridized carbons (Fsp3) is 0.462. The summed E-state index contributed by atoms with van der Waals surface area (Å²) in [5.74, 6) is -3.11. The summed E-state index contributed by atoms with van der Waals surface area (Å²) in [5, 5.41) is 11.1. The summed E-state index contributed by atoms with van der Waals surface area (Å²) >= 11 is 1.03. The second kappa shape index (κ2) is 7.45. The third-order valence-corrected chi connectivity index (χ3v) is 4.30. The second-order valence-electron chi connectivity index (χ2n) is 5.84. The van der Waals surface area contributed by atoms with Gasteiger partial charge in [-0.3, -0.25) is 19.8 Å². The number of carboxylic acid groups (broad SMARTS) is 1. The number of thiazole rings is 1. The van der Waals surface area contributed by atoms with Crippen molar-refractivity contribution in [1.29, 1.82) is 0 Å². The zero-order chi connectivity index (χ0) is 16.7. The number of nitrogens with one attached hydrogen (secondary N) is 1. The Morgan fingerprint density at radius 2 is 1.91 bits per heavy atom. The molecule has 0 aliphatic heterocycles. The molecular weight excluding hydrogens is 448 g/mol. The van der Waals surface area contributed by atoms with Crippen LogP contribution < -0.4 is 5.32 Å². The van der Waals surface area contributed by atoms with E-state index in [4.69, 9.17) is 5.11 Å². The number of carbonyl (C=O) groups is 4. The first-order valence-electron chi connectivity index (χ1n) is 6.45. The van der Waals surface area contributed by atoms with Crippen molar-refractivity contribution in [3.05, 3.63) is 10.6 Å². The number of carboxylic acids is 1. The summed E-state index contributed by atoms with van der Waals surface area (Å²) in [6.07, 6.45) is 1.03. The Bertz CT molecular complexity index is 685. The van der Waals surface area contributed by atoms with E-state index >= 15 is 0 Å². The molecule has 0 atom stereocenters. The van der Waals surface area contributed by atoms with E-state index in [0.29, 0.717) is 28.3 Å². The number of amides is 3. The minimum atomic E-state index is -1.73. The van der Waals surface area contributed by atoms with E-state index in [0.717, 1.165) is 18.4 Å². The molecule has 0 fully saturated rings. The number of Topliss-reactive ketones (excluding diaryl/α,β-unsaturated/α-hetero) is 1. The first kappa shape index (κ1) is 20.3. The summed E-state index contributed by atoms with van der Waals surface area (Å²) in [6.45, 7) is 3.93. The van der Waals surface area contributed by atoms with Crippen molar-refractivity contribution in [2.24, 2.45) is 5.41 Å². The van der Waals surface area contributed by atoms with Crippen LogP contribution in [0.3, 0.4) is 0 Å². The molecule has 0 bridgehead atoms. The van der Waals surface area contributed by atoms with Crippen LogP contribution in [0.25, 0.3) is 0 Å². The van der Waals surface area contributed by atoms with E-state index in [-0.39, 0.29) is 65.2 Å². The van der Waals surface area contributed by atoms with Crippen LogP contribution in [0, 0.1) is 5.41 Å². The molecule has 0 aromatic carbocycles. The van der Waals surface area contributed by atoms with E-state index in [1.54, 1.807) is 0 Å². The normalized spacial score (nSPS) is 15.2. The molecule has 2 N–H and O–H groups in total. The van der Waals surface area contributed by atoms with E-state index in [1.165, 1.54) is 0 Å². The standard InChI is InChI=1S/C13H15N3O5S.Ba.2H/c1-13(2)4-6-8(7(17)5-13)22-11(14-6)15-12(21)16(3)9(18)10(19)20;;;/h4-5H2,1-3H3,(H,19,20)(H,14,15,21);;;. The molecule has 0 unspecified atom stereocenters. The molecule has 1 aliphatic carbocycles. The molecule has 1 aromatic heterocycles. The van der Waals surface area contributed by atoms with Gasteiger partial charge in [0.05, 0.1) is 10.6 Å². The molecule has 0 radical (unpaired) electrons. The summed E-state index contributed by atoms with van der Waals surface area (Å²) in [7, 11) is 1.05. The number of imide groups is 1. The Balaban J connectivity index is 0.00000264. The number of likely N-dealkylation sites (N-methyl/N-ethyl adjacent to an activating group) is 1. The van der Waals surface area contributed by atoms with Crippen molar-refractivity contribution in [3.8, 4) is 0 Å². The van der Waals surface area contributed by atoms with Crippen LogP contribution in [-0.2, 0) is 16.0 Å².